The van der Waals surface area contributed by atoms with Crippen LogP contribution in [0.3, 0.4) is 0 Å². The minimum Gasteiger partial charge on any atom is -0.351 e. The first kappa shape index (κ1) is 36.3. The van der Waals surface area contributed by atoms with Gasteiger partial charge in [0.05, 0.1) is 22.2 Å². The number of aromatic amines is 2. The van der Waals surface area contributed by atoms with Crippen molar-refractivity contribution >= 4 is 66.7 Å². The van der Waals surface area contributed by atoms with Crippen molar-refractivity contribution in [2.75, 3.05) is 10.6 Å². The third-order valence-corrected chi connectivity index (χ3v) is 7.66. The summed E-state index contributed by atoms with van der Waals surface area (Å²) >= 11 is 2.43. The molecule has 0 aliphatic rings. The SMILES string of the molecule is C.CC.CC.Cc1nsc2[nH]cc(C(=O)Nc3ccccc3)c(=O)c12.Cc1nsc2[nH]cc(C(=O)Nc3ccccc3)c(=O)c12. The lowest BCUT2D eigenvalue weighted by atomic mass is 10.2. The number of carbonyl (C=O) groups is 2. The highest BCUT2D eigenvalue weighted by Gasteiger charge is 2.17. The van der Waals surface area contributed by atoms with Crippen LogP contribution >= 0.6 is 23.1 Å². The number of benzene rings is 2. The normalized spacial score (nSPS) is 9.73. The van der Waals surface area contributed by atoms with Crippen LogP contribution in [0.4, 0.5) is 11.4 Å². The lowest BCUT2D eigenvalue weighted by Crippen LogP contribution is -2.21. The van der Waals surface area contributed by atoms with Crippen LogP contribution in [0.2, 0.25) is 0 Å². The maximum Gasteiger partial charge on any atom is 0.261 e. The van der Waals surface area contributed by atoms with Gasteiger partial charge in [0, 0.05) is 23.8 Å². The molecule has 4 aromatic heterocycles. The van der Waals surface area contributed by atoms with Crippen molar-refractivity contribution < 1.29 is 9.59 Å². The number of anilines is 2. The second kappa shape index (κ2) is 17.4. The van der Waals surface area contributed by atoms with Crippen LogP contribution in [0.15, 0.2) is 82.6 Å². The molecule has 0 unspecified atom stereocenters. The van der Waals surface area contributed by atoms with Crippen molar-refractivity contribution in [2.45, 2.75) is 49.0 Å². The maximum atomic E-state index is 12.3. The van der Waals surface area contributed by atoms with E-state index in [1.807, 2.05) is 64.1 Å². The zero-order chi connectivity index (χ0) is 32.2. The average Bonchev–Trinajstić information content (AvgIpc) is 3.63. The van der Waals surface area contributed by atoms with Gasteiger partial charge in [-0.2, -0.15) is 8.75 Å². The van der Waals surface area contributed by atoms with Gasteiger partial charge in [-0.25, -0.2) is 0 Å². The Morgan fingerprint density at radius 2 is 0.956 bits per heavy atom. The summed E-state index contributed by atoms with van der Waals surface area (Å²) in [5.41, 5.74) is 2.17. The molecule has 0 fully saturated rings. The van der Waals surface area contributed by atoms with Crippen molar-refractivity contribution in [3.63, 3.8) is 0 Å². The molecule has 0 saturated heterocycles. The van der Waals surface area contributed by atoms with Crippen molar-refractivity contribution in [1.29, 1.82) is 0 Å². The number of nitrogens with one attached hydrogen (secondary N) is 4. The highest BCUT2D eigenvalue weighted by Crippen LogP contribution is 2.18. The van der Waals surface area contributed by atoms with Gasteiger partial charge in [-0.3, -0.25) is 19.2 Å². The molecule has 0 aliphatic carbocycles. The number of para-hydroxylation sites is 2. The second-order valence-corrected chi connectivity index (χ2v) is 10.2. The molecule has 45 heavy (non-hydrogen) atoms. The average molecular weight is 647 g/mol. The lowest BCUT2D eigenvalue weighted by Gasteiger charge is -2.04. The van der Waals surface area contributed by atoms with Crippen LogP contribution in [0.1, 0.15) is 67.2 Å². The Morgan fingerprint density at radius 3 is 1.29 bits per heavy atom. The van der Waals surface area contributed by atoms with Gasteiger partial charge < -0.3 is 20.6 Å². The van der Waals surface area contributed by atoms with E-state index in [4.69, 9.17) is 0 Å². The van der Waals surface area contributed by atoms with Crippen molar-refractivity contribution in [1.82, 2.24) is 18.7 Å². The Bertz CT molecular complexity index is 1820. The van der Waals surface area contributed by atoms with E-state index in [0.717, 1.165) is 0 Å². The molecule has 0 radical (unpaired) electrons. The second-order valence-electron chi connectivity index (χ2n) is 8.65. The molecule has 6 rings (SSSR count). The number of pyridine rings is 2. The molecular formula is C33H38N6O4S2. The van der Waals surface area contributed by atoms with Gasteiger partial charge in [-0.15, -0.1) is 0 Å². The number of aryl methyl sites for hydroxylation is 2. The number of aromatic nitrogens is 4. The van der Waals surface area contributed by atoms with Crippen molar-refractivity contribution in [2.24, 2.45) is 0 Å². The van der Waals surface area contributed by atoms with Crippen LogP contribution in [0, 0.1) is 13.8 Å². The van der Waals surface area contributed by atoms with Gasteiger partial charge >= 0.3 is 0 Å². The topological polar surface area (TPSA) is 150 Å². The highest BCUT2D eigenvalue weighted by molar-refractivity contribution is 7.13. The molecule has 4 heterocycles. The lowest BCUT2D eigenvalue weighted by molar-refractivity contribution is 0.101. The minimum atomic E-state index is -0.426. The first-order valence-corrected chi connectivity index (χ1v) is 15.6. The summed E-state index contributed by atoms with van der Waals surface area (Å²) < 4.78 is 8.24. The summed E-state index contributed by atoms with van der Waals surface area (Å²) in [7, 11) is 0. The number of amides is 2. The third kappa shape index (κ3) is 8.58. The van der Waals surface area contributed by atoms with Gasteiger partial charge in [-0.05, 0) is 61.2 Å². The third-order valence-electron chi connectivity index (χ3n) is 5.92. The molecule has 4 N–H and O–H groups in total. The summed E-state index contributed by atoms with van der Waals surface area (Å²) in [6, 6.07) is 18.0. The number of hydrogen-bond acceptors (Lipinski definition) is 8. The fourth-order valence-corrected chi connectivity index (χ4v) is 5.45. The van der Waals surface area contributed by atoms with E-state index in [-0.39, 0.29) is 29.4 Å². The Labute approximate surface area is 269 Å². The standard InChI is InChI=1S/2C14H11N3O2S.2C2H6.CH4/c2*1-8-11-12(18)10(7-15-14(11)20-17-8)13(19)16-9-5-3-2-4-6-9;2*1-2;/h2*2-7H,1H3,(H,15,18)(H,16,19);2*1-2H3;1H4. The molecule has 2 aromatic carbocycles. The predicted molar refractivity (Wildman–Crippen MR) is 188 cm³/mol. The molecule has 0 atom stereocenters. The molecule has 12 heteroatoms. The van der Waals surface area contributed by atoms with Gasteiger partial charge in [0.25, 0.3) is 11.8 Å². The first-order valence-electron chi connectivity index (χ1n) is 14.0. The molecule has 0 aliphatic heterocycles. The van der Waals surface area contributed by atoms with Crippen LogP contribution in [0.5, 0.6) is 0 Å². The fourth-order valence-electron chi connectivity index (χ4n) is 3.92. The van der Waals surface area contributed by atoms with Crippen LogP contribution < -0.4 is 21.5 Å². The number of H-pyrrole nitrogens is 2. The van der Waals surface area contributed by atoms with E-state index in [1.165, 1.54) is 35.5 Å². The Balaban J connectivity index is 0.000000277. The molecule has 10 nitrogen and oxygen atoms in total. The van der Waals surface area contributed by atoms with E-state index in [2.05, 4.69) is 29.3 Å². The molecule has 0 saturated carbocycles. The molecular weight excluding hydrogens is 609 g/mol. The quantitative estimate of drug-likeness (QED) is 0.154. The number of nitrogens with zero attached hydrogens (tertiary/aromatic N) is 2. The van der Waals surface area contributed by atoms with E-state index in [9.17, 15) is 19.2 Å². The summed E-state index contributed by atoms with van der Waals surface area (Å²) in [6.45, 7) is 11.5. The maximum absolute atomic E-state index is 12.3. The smallest absolute Gasteiger partial charge is 0.261 e. The van der Waals surface area contributed by atoms with Gasteiger partial charge in [-0.1, -0.05) is 71.5 Å². The van der Waals surface area contributed by atoms with Crippen LogP contribution in [-0.2, 0) is 0 Å². The van der Waals surface area contributed by atoms with E-state index >= 15 is 0 Å². The van der Waals surface area contributed by atoms with E-state index < -0.39 is 11.8 Å². The minimum absolute atomic E-state index is 0. The molecule has 0 spiro atoms. The summed E-state index contributed by atoms with van der Waals surface area (Å²) in [5, 5.41) is 6.36. The largest absolute Gasteiger partial charge is 0.351 e. The summed E-state index contributed by atoms with van der Waals surface area (Å²) in [5.74, 6) is -0.852. The van der Waals surface area contributed by atoms with Crippen molar-refractivity contribution in [3.05, 3.63) is 116 Å². The Kier molecular flexibility index (Phi) is 14.0. The summed E-state index contributed by atoms with van der Waals surface area (Å²) in [6.07, 6.45) is 2.86. The first-order chi connectivity index (χ1) is 21.3. The van der Waals surface area contributed by atoms with Crippen LogP contribution in [-0.4, -0.2) is 30.5 Å². The monoisotopic (exact) mass is 646 g/mol. The highest BCUT2D eigenvalue weighted by atomic mass is 32.1. The Hall–Kier alpha value is -4.94. The van der Waals surface area contributed by atoms with Crippen LogP contribution in [0.25, 0.3) is 20.4 Å². The summed E-state index contributed by atoms with van der Waals surface area (Å²) in [4.78, 5) is 56.2. The fraction of sp³-hybridized carbons (Fsp3) is 0.212. The predicted octanol–water partition coefficient (Wildman–Crippen LogP) is 7.78. The number of carbonyl (C=O) groups excluding carboxylic acids is 2. The zero-order valence-corrected chi connectivity index (χ0v) is 26.9. The number of fused-ring (bicyclic) bond motifs is 2. The molecule has 2 amide bonds. The van der Waals surface area contributed by atoms with Crippen molar-refractivity contribution in [3.8, 4) is 0 Å². The molecule has 0 bridgehead atoms. The van der Waals surface area contributed by atoms with Gasteiger partial charge in [0.2, 0.25) is 10.9 Å². The molecule has 236 valence electrons. The van der Waals surface area contributed by atoms with Gasteiger partial charge in [0.1, 0.15) is 20.8 Å². The number of hydrogen-bond donors (Lipinski definition) is 4. The number of rotatable bonds is 4. The molecule has 6 aromatic rings. The van der Waals surface area contributed by atoms with Gasteiger partial charge in [0.15, 0.2) is 0 Å². The zero-order valence-electron chi connectivity index (χ0n) is 25.3. The van der Waals surface area contributed by atoms with E-state index in [0.29, 0.717) is 43.2 Å². The Morgan fingerprint density at radius 1 is 0.622 bits per heavy atom. The van der Waals surface area contributed by atoms with E-state index in [1.54, 1.807) is 38.1 Å².